The fourth-order valence-corrected chi connectivity index (χ4v) is 2.85. The summed E-state index contributed by atoms with van der Waals surface area (Å²) in [6.45, 7) is 5.45. The first-order chi connectivity index (χ1) is 12.9. The monoisotopic (exact) mass is 382 g/mol. The number of nitrogens with zero attached hydrogens (tertiary/aromatic N) is 3. The van der Waals surface area contributed by atoms with Gasteiger partial charge in [0.15, 0.2) is 0 Å². The summed E-state index contributed by atoms with van der Waals surface area (Å²) in [5, 5.41) is 7.60. The van der Waals surface area contributed by atoms with Crippen LogP contribution in [0.25, 0.3) is 11.3 Å². The van der Waals surface area contributed by atoms with E-state index in [1.807, 2.05) is 32.0 Å². The SMILES string of the molecule is Cc1cccc(C)c1NC(=O)C(C)n1ncc(-c2ccc(Cl)cc2)nc1=O. The van der Waals surface area contributed by atoms with Gasteiger partial charge in [0.25, 0.3) is 0 Å². The molecule has 138 valence electrons. The van der Waals surface area contributed by atoms with Gasteiger partial charge >= 0.3 is 5.69 Å². The Morgan fingerprint density at radius 2 is 1.74 bits per heavy atom. The minimum Gasteiger partial charge on any atom is -0.324 e. The zero-order chi connectivity index (χ0) is 19.6. The van der Waals surface area contributed by atoms with Crippen molar-refractivity contribution in [1.29, 1.82) is 0 Å². The number of nitrogens with one attached hydrogen (secondary N) is 1. The minimum atomic E-state index is -0.803. The first kappa shape index (κ1) is 18.8. The van der Waals surface area contributed by atoms with E-state index in [0.29, 0.717) is 10.7 Å². The zero-order valence-electron chi connectivity index (χ0n) is 15.2. The Morgan fingerprint density at radius 1 is 1.11 bits per heavy atom. The predicted molar refractivity (Wildman–Crippen MR) is 106 cm³/mol. The molecule has 0 saturated heterocycles. The summed E-state index contributed by atoms with van der Waals surface area (Å²) in [7, 11) is 0. The van der Waals surface area contributed by atoms with Crippen molar-refractivity contribution in [3.8, 4) is 11.3 Å². The zero-order valence-corrected chi connectivity index (χ0v) is 16.0. The molecule has 1 aromatic heterocycles. The van der Waals surface area contributed by atoms with E-state index < -0.39 is 11.7 Å². The number of para-hydroxylation sites is 1. The molecular weight excluding hydrogens is 364 g/mol. The summed E-state index contributed by atoms with van der Waals surface area (Å²) in [5.41, 5.74) is 3.21. The summed E-state index contributed by atoms with van der Waals surface area (Å²) in [6, 6.07) is 11.9. The summed E-state index contributed by atoms with van der Waals surface area (Å²) in [6.07, 6.45) is 1.47. The van der Waals surface area contributed by atoms with Gasteiger partial charge in [0.05, 0.1) is 11.9 Å². The molecule has 3 aromatic rings. The Balaban J connectivity index is 1.84. The maximum atomic E-state index is 12.6. The highest BCUT2D eigenvalue weighted by Gasteiger charge is 2.19. The molecule has 1 heterocycles. The summed E-state index contributed by atoms with van der Waals surface area (Å²) in [4.78, 5) is 29.0. The highest BCUT2D eigenvalue weighted by Crippen LogP contribution is 2.21. The van der Waals surface area contributed by atoms with Crippen LogP contribution >= 0.6 is 11.6 Å². The van der Waals surface area contributed by atoms with E-state index in [1.165, 1.54) is 6.20 Å². The average molecular weight is 383 g/mol. The third-order valence-corrected chi connectivity index (χ3v) is 4.58. The third kappa shape index (κ3) is 4.06. The molecule has 1 N–H and O–H groups in total. The lowest BCUT2D eigenvalue weighted by atomic mass is 10.1. The fraction of sp³-hybridized carbons (Fsp3) is 0.200. The molecule has 6 nitrogen and oxygen atoms in total. The minimum absolute atomic E-state index is 0.331. The van der Waals surface area contributed by atoms with Gasteiger partial charge in [0, 0.05) is 16.3 Å². The topological polar surface area (TPSA) is 76.9 Å². The molecule has 1 unspecified atom stereocenters. The van der Waals surface area contributed by atoms with E-state index in [1.54, 1.807) is 31.2 Å². The predicted octanol–water partition coefficient (Wildman–Crippen LogP) is 3.78. The van der Waals surface area contributed by atoms with Gasteiger partial charge in [0.2, 0.25) is 5.91 Å². The van der Waals surface area contributed by atoms with E-state index in [9.17, 15) is 9.59 Å². The number of rotatable bonds is 4. The Morgan fingerprint density at radius 3 is 2.33 bits per heavy atom. The van der Waals surface area contributed by atoms with Crippen molar-refractivity contribution in [2.75, 3.05) is 5.32 Å². The normalized spacial score (nSPS) is 11.9. The molecule has 1 amide bonds. The van der Waals surface area contributed by atoms with Crippen molar-refractivity contribution in [1.82, 2.24) is 14.8 Å². The van der Waals surface area contributed by atoms with Crippen LogP contribution in [0.4, 0.5) is 5.69 Å². The molecule has 0 aliphatic heterocycles. The Kier molecular flexibility index (Phi) is 5.37. The fourth-order valence-electron chi connectivity index (χ4n) is 2.73. The molecule has 0 aliphatic rings. The lowest BCUT2D eigenvalue weighted by Crippen LogP contribution is -2.35. The Labute approximate surface area is 161 Å². The molecular formula is C20H19ClN4O2. The van der Waals surface area contributed by atoms with Crippen LogP contribution in [0.1, 0.15) is 24.1 Å². The second-order valence-corrected chi connectivity index (χ2v) is 6.74. The van der Waals surface area contributed by atoms with Crippen molar-refractivity contribution in [2.24, 2.45) is 0 Å². The van der Waals surface area contributed by atoms with Crippen LogP contribution in [0.5, 0.6) is 0 Å². The molecule has 0 bridgehead atoms. The van der Waals surface area contributed by atoms with Crippen molar-refractivity contribution in [3.63, 3.8) is 0 Å². The van der Waals surface area contributed by atoms with E-state index >= 15 is 0 Å². The Bertz CT molecular complexity index is 1020. The first-order valence-electron chi connectivity index (χ1n) is 8.45. The van der Waals surface area contributed by atoms with Crippen LogP contribution < -0.4 is 11.0 Å². The van der Waals surface area contributed by atoms with E-state index in [2.05, 4.69) is 15.4 Å². The Hall–Kier alpha value is -2.99. The molecule has 0 aliphatic carbocycles. The number of hydrogen-bond acceptors (Lipinski definition) is 4. The smallest absolute Gasteiger partial charge is 0.324 e. The van der Waals surface area contributed by atoms with Crippen LogP contribution in [0.15, 0.2) is 53.5 Å². The lowest BCUT2D eigenvalue weighted by Gasteiger charge is -2.16. The van der Waals surface area contributed by atoms with E-state index in [4.69, 9.17) is 11.6 Å². The maximum Gasteiger partial charge on any atom is 0.365 e. The number of amides is 1. The molecule has 0 radical (unpaired) electrons. The highest BCUT2D eigenvalue weighted by molar-refractivity contribution is 6.30. The van der Waals surface area contributed by atoms with Crippen LogP contribution in [0.2, 0.25) is 5.02 Å². The van der Waals surface area contributed by atoms with E-state index in [0.717, 1.165) is 27.1 Å². The summed E-state index contributed by atoms with van der Waals surface area (Å²) in [5.74, 6) is -0.331. The van der Waals surface area contributed by atoms with Gasteiger partial charge in [-0.05, 0) is 44.0 Å². The third-order valence-electron chi connectivity index (χ3n) is 4.33. The van der Waals surface area contributed by atoms with Crippen LogP contribution in [0.3, 0.4) is 0 Å². The van der Waals surface area contributed by atoms with Gasteiger partial charge in [0.1, 0.15) is 6.04 Å². The lowest BCUT2D eigenvalue weighted by molar-refractivity contribution is -0.119. The van der Waals surface area contributed by atoms with Crippen molar-refractivity contribution < 1.29 is 4.79 Å². The summed E-state index contributed by atoms with van der Waals surface area (Å²) < 4.78 is 1.07. The number of aromatic nitrogens is 3. The molecule has 0 fully saturated rings. The van der Waals surface area contributed by atoms with Crippen molar-refractivity contribution >= 4 is 23.2 Å². The van der Waals surface area contributed by atoms with Crippen molar-refractivity contribution in [2.45, 2.75) is 26.8 Å². The molecule has 0 spiro atoms. The van der Waals surface area contributed by atoms with Crippen LogP contribution in [-0.4, -0.2) is 20.7 Å². The number of anilines is 1. The quantitative estimate of drug-likeness (QED) is 0.745. The second kappa shape index (κ2) is 7.72. The van der Waals surface area contributed by atoms with Crippen LogP contribution in [-0.2, 0) is 4.79 Å². The standard InChI is InChI=1S/C20H19ClN4O2/c1-12-5-4-6-13(2)18(12)24-19(26)14(3)25-20(27)23-17(11-22-25)15-7-9-16(21)10-8-15/h4-11,14H,1-3H3,(H,24,26). The molecule has 2 aromatic carbocycles. The largest absolute Gasteiger partial charge is 0.365 e. The molecule has 3 rings (SSSR count). The maximum absolute atomic E-state index is 12.6. The van der Waals surface area contributed by atoms with Crippen molar-refractivity contribution in [3.05, 3.63) is 75.3 Å². The van der Waals surface area contributed by atoms with Gasteiger partial charge in [-0.25, -0.2) is 9.48 Å². The van der Waals surface area contributed by atoms with Gasteiger partial charge in [-0.3, -0.25) is 4.79 Å². The van der Waals surface area contributed by atoms with Crippen LogP contribution in [0, 0.1) is 13.8 Å². The number of benzene rings is 2. The molecule has 0 saturated carbocycles. The van der Waals surface area contributed by atoms with Gasteiger partial charge < -0.3 is 5.32 Å². The highest BCUT2D eigenvalue weighted by atomic mass is 35.5. The number of hydrogen-bond donors (Lipinski definition) is 1. The molecule has 27 heavy (non-hydrogen) atoms. The summed E-state index contributed by atoms with van der Waals surface area (Å²) >= 11 is 5.87. The molecule has 1 atom stereocenters. The molecule has 7 heteroatoms. The number of aryl methyl sites for hydroxylation is 2. The van der Waals surface area contributed by atoms with E-state index in [-0.39, 0.29) is 5.91 Å². The van der Waals surface area contributed by atoms with Gasteiger partial charge in [-0.15, -0.1) is 0 Å². The number of carbonyl (C=O) groups excluding carboxylic acids is 1. The number of halogens is 1. The first-order valence-corrected chi connectivity index (χ1v) is 8.83. The van der Waals surface area contributed by atoms with Gasteiger partial charge in [-0.1, -0.05) is 41.9 Å². The van der Waals surface area contributed by atoms with Gasteiger partial charge in [-0.2, -0.15) is 10.1 Å². The second-order valence-electron chi connectivity index (χ2n) is 6.31. The average Bonchev–Trinajstić information content (AvgIpc) is 2.64. The number of carbonyl (C=O) groups is 1.